The van der Waals surface area contributed by atoms with Crippen molar-refractivity contribution in [1.29, 1.82) is 0 Å². The first-order valence-electron chi connectivity index (χ1n) is 6.80. The second-order valence-corrected chi connectivity index (χ2v) is 5.84. The summed E-state index contributed by atoms with van der Waals surface area (Å²) in [6.45, 7) is 0. The van der Waals surface area contributed by atoms with Crippen LogP contribution in [0.25, 0.3) is 0 Å². The van der Waals surface area contributed by atoms with E-state index in [1.807, 2.05) is 18.2 Å². The van der Waals surface area contributed by atoms with Crippen LogP contribution >= 0.6 is 11.6 Å². The van der Waals surface area contributed by atoms with E-state index in [4.69, 9.17) is 17.3 Å². The van der Waals surface area contributed by atoms with Crippen molar-refractivity contribution in [3.05, 3.63) is 70.2 Å². The highest BCUT2D eigenvalue weighted by molar-refractivity contribution is 6.31. The Bertz CT molecular complexity index is 593. The van der Waals surface area contributed by atoms with Crippen LogP contribution in [0.3, 0.4) is 0 Å². The number of hydrogen-bond acceptors (Lipinski definition) is 1. The van der Waals surface area contributed by atoms with Crippen molar-refractivity contribution >= 4 is 11.6 Å². The van der Waals surface area contributed by atoms with Gasteiger partial charge in [-0.2, -0.15) is 0 Å². The number of halogens is 1. The summed E-state index contributed by atoms with van der Waals surface area (Å²) < 4.78 is 0. The molecule has 1 aliphatic rings. The van der Waals surface area contributed by atoms with Crippen molar-refractivity contribution in [3.63, 3.8) is 0 Å². The zero-order chi connectivity index (χ0) is 13.3. The molecule has 98 valence electrons. The highest BCUT2D eigenvalue weighted by Crippen LogP contribution is 2.36. The molecule has 0 heterocycles. The molecule has 2 aromatic rings. The molecule has 1 atom stereocenters. The molecule has 2 heteroatoms. The Morgan fingerprint density at radius 1 is 1.05 bits per heavy atom. The number of rotatable bonds is 2. The molecule has 0 radical (unpaired) electrons. The standard InChI is InChI=1S/C17H18ClN/c18-16-10-4-2-7-14(16)12-17(19)11-5-8-13-6-1-3-9-15(13)17/h1-4,6-7,9-10H,5,8,11-12,19H2. The van der Waals surface area contributed by atoms with Gasteiger partial charge in [-0.3, -0.25) is 0 Å². The van der Waals surface area contributed by atoms with Crippen molar-refractivity contribution in [2.75, 3.05) is 0 Å². The Labute approximate surface area is 119 Å². The van der Waals surface area contributed by atoms with Crippen LogP contribution in [0.15, 0.2) is 48.5 Å². The molecule has 0 spiro atoms. The minimum atomic E-state index is -0.278. The molecule has 1 unspecified atom stereocenters. The average molecular weight is 272 g/mol. The SMILES string of the molecule is NC1(Cc2ccccc2Cl)CCCc2ccccc21. The summed E-state index contributed by atoms with van der Waals surface area (Å²) in [5.74, 6) is 0. The average Bonchev–Trinajstić information content (AvgIpc) is 2.42. The van der Waals surface area contributed by atoms with Crippen LogP contribution in [0, 0.1) is 0 Å². The summed E-state index contributed by atoms with van der Waals surface area (Å²) in [5, 5.41) is 0.815. The minimum absolute atomic E-state index is 0.278. The monoisotopic (exact) mass is 271 g/mol. The van der Waals surface area contributed by atoms with Gasteiger partial charge in [0.1, 0.15) is 0 Å². The number of aryl methyl sites for hydroxylation is 1. The van der Waals surface area contributed by atoms with Gasteiger partial charge < -0.3 is 5.73 Å². The number of benzene rings is 2. The van der Waals surface area contributed by atoms with E-state index in [9.17, 15) is 0 Å². The molecule has 19 heavy (non-hydrogen) atoms. The number of fused-ring (bicyclic) bond motifs is 1. The lowest BCUT2D eigenvalue weighted by Gasteiger charge is -2.36. The van der Waals surface area contributed by atoms with Crippen molar-refractivity contribution in [1.82, 2.24) is 0 Å². The topological polar surface area (TPSA) is 26.0 Å². The van der Waals surface area contributed by atoms with E-state index in [1.54, 1.807) is 0 Å². The molecule has 2 aromatic carbocycles. The summed E-state index contributed by atoms with van der Waals surface area (Å²) in [6, 6.07) is 16.6. The second kappa shape index (κ2) is 4.99. The van der Waals surface area contributed by atoms with Gasteiger partial charge in [0, 0.05) is 10.6 Å². The van der Waals surface area contributed by atoms with Gasteiger partial charge in [0.2, 0.25) is 0 Å². The van der Waals surface area contributed by atoms with Gasteiger partial charge in [-0.25, -0.2) is 0 Å². The molecule has 1 aliphatic carbocycles. The lowest BCUT2D eigenvalue weighted by atomic mass is 9.74. The van der Waals surface area contributed by atoms with Gasteiger partial charge in [-0.05, 0) is 48.4 Å². The van der Waals surface area contributed by atoms with E-state index >= 15 is 0 Å². The molecule has 0 aliphatic heterocycles. The molecule has 0 fully saturated rings. The Morgan fingerprint density at radius 3 is 2.63 bits per heavy atom. The predicted molar refractivity (Wildman–Crippen MR) is 80.4 cm³/mol. The van der Waals surface area contributed by atoms with Gasteiger partial charge in [-0.1, -0.05) is 54.1 Å². The Hall–Kier alpha value is -1.31. The predicted octanol–water partition coefficient (Wildman–Crippen LogP) is 4.07. The van der Waals surface area contributed by atoms with Gasteiger partial charge >= 0.3 is 0 Å². The van der Waals surface area contributed by atoms with Crippen molar-refractivity contribution in [2.24, 2.45) is 5.73 Å². The fraction of sp³-hybridized carbons (Fsp3) is 0.294. The molecule has 0 aromatic heterocycles. The van der Waals surface area contributed by atoms with Gasteiger partial charge in [-0.15, -0.1) is 0 Å². The summed E-state index contributed by atoms with van der Waals surface area (Å²) in [7, 11) is 0. The fourth-order valence-corrected chi connectivity index (χ4v) is 3.32. The molecular formula is C17H18ClN. The van der Waals surface area contributed by atoms with Crippen molar-refractivity contribution in [3.8, 4) is 0 Å². The molecule has 3 rings (SSSR count). The van der Waals surface area contributed by atoms with E-state index in [0.29, 0.717) is 0 Å². The maximum absolute atomic E-state index is 6.71. The molecule has 1 nitrogen and oxygen atoms in total. The van der Waals surface area contributed by atoms with E-state index in [0.717, 1.165) is 36.3 Å². The third-order valence-electron chi connectivity index (χ3n) is 4.09. The zero-order valence-electron chi connectivity index (χ0n) is 10.9. The first-order valence-corrected chi connectivity index (χ1v) is 7.17. The van der Waals surface area contributed by atoms with Crippen molar-refractivity contribution < 1.29 is 0 Å². The molecular weight excluding hydrogens is 254 g/mol. The Morgan fingerprint density at radius 2 is 1.79 bits per heavy atom. The maximum Gasteiger partial charge on any atom is 0.0453 e. The summed E-state index contributed by atoms with van der Waals surface area (Å²) in [6.07, 6.45) is 4.12. The summed E-state index contributed by atoms with van der Waals surface area (Å²) in [5.41, 5.74) is 10.3. The molecule has 0 saturated carbocycles. The van der Waals surface area contributed by atoms with Gasteiger partial charge in [0.15, 0.2) is 0 Å². The van der Waals surface area contributed by atoms with E-state index in [1.165, 1.54) is 11.1 Å². The first-order chi connectivity index (χ1) is 9.19. The summed E-state index contributed by atoms with van der Waals surface area (Å²) >= 11 is 6.28. The molecule has 0 bridgehead atoms. The second-order valence-electron chi connectivity index (χ2n) is 5.44. The van der Waals surface area contributed by atoms with Crippen LogP contribution in [-0.4, -0.2) is 0 Å². The van der Waals surface area contributed by atoms with Crippen LogP contribution in [0.5, 0.6) is 0 Å². The quantitative estimate of drug-likeness (QED) is 0.875. The third-order valence-corrected chi connectivity index (χ3v) is 4.46. The number of hydrogen-bond donors (Lipinski definition) is 1. The number of nitrogens with two attached hydrogens (primary N) is 1. The smallest absolute Gasteiger partial charge is 0.0453 e. The zero-order valence-corrected chi connectivity index (χ0v) is 11.7. The fourth-order valence-electron chi connectivity index (χ4n) is 3.12. The van der Waals surface area contributed by atoms with Crippen LogP contribution in [-0.2, 0) is 18.4 Å². The highest BCUT2D eigenvalue weighted by atomic mass is 35.5. The van der Waals surface area contributed by atoms with Gasteiger partial charge in [0.25, 0.3) is 0 Å². The van der Waals surface area contributed by atoms with Crippen LogP contribution < -0.4 is 5.73 Å². The molecule has 0 saturated heterocycles. The first kappa shape index (κ1) is 12.7. The normalized spacial score (nSPS) is 22.0. The van der Waals surface area contributed by atoms with Crippen molar-refractivity contribution in [2.45, 2.75) is 31.2 Å². The largest absolute Gasteiger partial charge is 0.321 e. The third kappa shape index (κ3) is 2.41. The van der Waals surface area contributed by atoms with Crippen LogP contribution in [0.2, 0.25) is 5.02 Å². The maximum atomic E-state index is 6.71. The van der Waals surface area contributed by atoms with E-state index < -0.39 is 0 Å². The van der Waals surface area contributed by atoms with Gasteiger partial charge in [0.05, 0.1) is 0 Å². The molecule has 0 amide bonds. The van der Waals surface area contributed by atoms with E-state index in [2.05, 4.69) is 30.3 Å². The Balaban J connectivity index is 1.99. The molecule has 2 N–H and O–H groups in total. The highest BCUT2D eigenvalue weighted by Gasteiger charge is 2.32. The lowest BCUT2D eigenvalue weighted by molar-refractivity contribution is 0.369. The Kier molecular flexibility index (Phi) is 3.34. The van der Waals surface area contributed by atoms with E-state index in [-0.39, 0.29) is 5.54 Å². The summed E-state index contributed by atoms with van der Waals surface area (Å²) in [4.78, 5) is 0. The minimum Gasteiger partial charge on any atom is -0.321 e. The van der Waals surface area contributed by atoms with Crippen LogP contribution in [0.4, 0.5) is 0 Å². The lowest BCUT2D eigenvalue weighted by Crippen LogP contribution is -2.42. The van der Waals surface area contributed by atoms with Crippen LogP contribution in [0.1, 0.15) is 29.5 Å².